The van der Waals surface area contributed by atoms with E-state index < -0.39 is 0 Å². The molecule has 4 nitrogen and oxygen atoms in total. The summed E-state index contributed by atoms with van der Waals surface area (Å²) in [6.45, 7) is 14.3. The van der Waals surface area contributed by atoms with Crippen LogP contribution in [-0.4, -0.2) is 61.2 Å². The zero-order chi connectivity index (χ0) is 15.3. The summed E-state index contributed by atoms with van der Waals surface area (Å²) < 4.78 is 0. The fraction of sp³-hybridized carbons (Fsp3) is 0.941. The average molecular weight is 292 g/mol. The summed E-state index contributed by atoms with van der Waals surface area (Å²) in [7, 11) is 0. The summed E-state index contributed by atoms with van der Waals surface area (Å²) in [6.07, 6.45) is 3.54. The molecule has 1 saturated carbocycles. The van der Waals surface area contributed by atoms with Crippen molar-refractivity contribution in [2.24, 2.45) is 11.8 Å². The predicted octanol–water partition coefficient (Wildman–Crippen LogP) is 1.93. The van der Waals surface area contributed by atoms with E-state index in [9.17, 15) is 5.26 Å². The molecule has 1 aliphatic carbocycles. The van der Waals surface area contributed by atoms with Crippen LogP contribution in [0.4, 0.5) is 0 Å². The van der Waals surface area contributed by atoms with Crippen LogP contribution in [0.5, 0.6) is 0 Å². The lowest BCUT2D eigenvalue weighted by Crippen LogP contribution is -2.58. The first-order valence-electron chi connectivity index (χ1n) is 8.70. The molecule has 2 rings (SSSR count). The third kappa shape index (κ3) is 4.67. The van der Waals surface area contributed by atoms with E-state index in [0.29, 0.717) is 5.92 Å². The van der Waals surface area contributed by atoms with Gasteiger partial charge in [-0.15, -0.1) is 0 Å². The molecule has 1 atom stereocenters. The first kappa shape index (κ1) is 16.7. The van der Waals surface area contributed by atoms with Crippen LogP contribution in [-0.2, 0) is 0 Å². The molecule has 0 spiro atoms. The molecule has 1 saturated heterocycles. The van der Waals surface area contributed by atoms with Crippen molar-refractivity contribution >= 4 is 0 Å². The Morgan fingerprint density at radius 3 is 2.29 bits per heavy atom. The van der Waals surface area contributed by atoms with Gasteiger partial charge in [0.15, 0.2) is 0 Å². The quantitative estimate of drug-likeness (QED) is 0.742. The summed E-state index contributed by atoms with van der Waals surface area (Å²) in [5, 5.41) is 13.3. The van der Waals surface area contributed by atoms with Crippen molar-refractivity contribution < 1.29 is 0 Å². The van der Waals surface area contributed by atoms with Gasteiger partial charge in [0.2, 0.25) is 0 Å². The van der Waals surface area contributed by atoms with Crippen LogP contribution in [0.15, 0.2) is 0 Å². The lowest BCUT2D eigenvalue weighted by molar-refractivity contribution is 0.0998. The van der Waals surface area contributed by atoms with E-state index in [4.69, 9.17) is 0 Å². The maximum Gasteiger partial charge on any atom is 0.122 e. The number of rotatable bonds is 8. The first-order valence-corrected chi connectivity index (χ1v) is 8.70. The third-order valence-corrected chi connectivity index (χ3v) is 4.73. The molecule has 2 fully saturated rings. The molecule has 1 unspecified atom stereocenters. The lowest BCUT2D eigenvalue weighted by atomic mass is 9.93. The molecule has 0 aromatic heterocycles. The van der Waals surface area contributed by atoms with Gasteiger partial charge in [0.05, 0.1) is 6.07 Å². The Morgan fingerprint density at radius 2 is 1.81 bits per heavy atom. The smallest absolute Gasteiger partial charge is 0.122 e. The van der Waals surface area contributed by atoms with E-state index in [0.717, 1.165) is 51.6 Å². The minimum absolute atomic E-state index is 0.295. The standard InChI is InChI=1S/C17H32N4/c1-4-7-19-17(13-18,16-5-6-16)14-21-10-8-20(9-11-21)12-15(2)3/h15-16,19H,4-12,14H2,1-3H3. The molecule has 1 aliphatic heterocycles. The number of hydrogen-bond acceptors (Lipinski definition) is 4. The van der Waals surface area contributed by atoms with Gasteiger partial charge in [0.25, 0.3) is 0 Å². The van der Waals surface area contributed by atoms with Crippen molar-refractivity contribution in [1.29, 1.82) is 5.26 Å². The van der Waals surface area contributed by atoms with Crippen LogP contribution < -0.4 is 5.32 Å². The highest BCUT2D eigenvalue weighted by molar-refractivity contribution is 5.16. The van der Waals surface area contributed by atoms with Gasteiger partial charge in [0.1, 0.15) is 5.54 Å². The second-order valence-corrected chi connectivity index (χ2v) is 7.25. The van der Waals surface area contributed by atoms with Crippen molar-refractivity contribution in [2.45, 2.75) is 45.6 Å². The third-order valence-electron chi connectivity index (χ3n) is 4.73. The van der Waals surface area contributed by atoms with Crippen molar-refractivity contribution in [3.8, 4) is 6.07 Å². The van der Waals surface area contributed by atoms with Gasteiger partial charge in [0, 0.05) is 39.3 Å². The molecular formula is C17H32N4. The minimum atomic E-state index is -0.295. The van der Waals surface area contributed by atoms with Gasteiger partial charge in [-0.1, -0.05) is 20.8 Å². The normalized spacial score (nSPS) is 24.0. The molecular weight excluding hydrogens is 260 g/mol. The Labute approximate surface area is 130 Å². The number of nitrogens with one attached hydrogen (secondary N) is 1. The van der Waals surface area contributed by atoms with Gasteiger partial charge in [-0.25, -0.2) is 0 Å². The zero-order valence-electron chi connectivity index (χ0n) is 14.1. The number of hydrogen-bond donors (Lipinski definition) is 1. The Bertz CT molecular complexity index is 350. The average Bonchev–Trinajstić information content (AvgIpc) is 3.30. The highest BCUT2D eigenvalue weighted by Crippen LogP contribution is 2.40. The van der Waals surface area contributed by atoms with E-state index in [1.807, 2.05) is 0 Å². The molecule has 0 amide bonds. The Morgan fingerprint density at radius 1 is 1.19 bits per heavy atom. The largest absolute Gasteiger partial charge is 0.301 e. The fourth-order valence-electron chi connectivity index (χ4n) is 3.42. The number of piperazine rings is 1. The van der Waals surface area contributed by atoms with Gasteiger partial charge in [-0.2, -0.15) is 5.26 Å². The van der Waals surface area contributed by atoms with E-state index in [1.54, 1.807) is 0 Å². The summed E-state index contributed by atoms with van der Waals surface area (Å²) in [6, 6.07) is 2.64. The van der Waals surface area contributed by atoms with Crippen molar-refractivity contribution in [1.82, 2.24) is 15.1 Å². The highest BCUT2D eigenvalue weighted by Gasteiger charge is 2.46. The summed E-state index contributed by atoms with van der Waals surface area (Å²) in [5.41, 5.74) is -0.295. The SMILES string of the molecule is CCCNC(C#N)(CN1CCN(CC(C)C)CC1)C1CC1. The molecule has 0 radical (unpaired) electrons. The zero-order valence-corrected chi connectivity index (χ0v) is 14.1. The number of nitrogens with zero attached hydrogens (tertiary/aromatic N) is 3. The Kier molecular flexibility index (Phi) is 6.04. The molecule has 1 heterocycles. The second-order valence-electron chi connectivity index (χ2n) is 7.25. The summed E-state index contributed by atoms with van der Waals surface area (Å²) in [5.74, 6) is 1.31. The molecule has 2 aliphatic rings. The fourth-order valence-corrected chi connectivity index (χ4v) is 3.42. The van der Waals surface area contributed by atoms with E-state index >= 15 is 0 Å². The van der Waals surface area contributed by atoms with Gasteiger partial charge < -0.3 is 4.90 Å². The molecule has 120 valence electrons. The van der Waals surface area contributed by atoms with Crippen molar-refractivity contribution in [2.75, 3.05) is 45.8 Å². The van der Waals surface area contributed by atoms with Crippen LogP contribution in [0, 0.1) is 23.2 Å². The van der Waals surface area contributed by atoms with Crippen LogP contribution >= 0.6 is 0 Å². The van der Waals surface area contributed by atoms with E-state index in [2.05, 4.69) is 42.0 Å². The first-order chi connectivity index (χ1) is 10.1. The maximum absolute atomic E-state index is 9.77. The molecule has 0 aromatic rings. The van der Waals surface area contributed by atoms with Crippen LogP contribution in [0.2, 0.25) is 0 Å². The molecule has 0 aromatic carbocycles. The van der Waals surface area contributed by atoms with Crippen LogP contribution in [0.25, 0.3) is 0 Å². The summed E-state index contributed by atoms with van der Waals surface area (Å²) in [4.78, 5) is 5.06. The van der Waals surface area contributed by atoms with Crippen LogP contribution in [0.3, 0.4) is 0 Å². The molecule has 21 heavy (non-hydrogen) atoms. The molecule has 1 N–H and O–H groups in total. The summed E-state index contributed by atoms with van der Waals surface area (Å²) >= 11 is 0. The van der Waals surface area contributed by atoms with Crippen molar-refractivity contribution in [3.05, 3.63) is 0 Å². The van der Waals surface area contributed by atoms with E-state index in [-0.39, 0.29) is 5.54 Å². The second kappa shape index (κ2) is 7.58. The number of nitriles is 1. The Hall–Kier alpha value is -0.630. The van der Waals surface area contributed by atoms with Gasteiger partial charge >= 0.3 is 0 Å². The molecule has 4 heteroatoms. The van der Waals surface area contributed by atoms with Gasteiger partial charge in [-0.3, -0.25) is 10.2 Å². The highest BCUT2D eigenvalue weighted by atomic mass is 15.3. The maximum atomic E-state index is 9.77. The van der Waals surface area contributed by atoms with Crippen LogP contribution in [0.1, 0.15) is 40.0 Å². The molecule has 0 bridgehead atoms. The van der Waals surface area contributed by atoms with E-state index in [1.165, 1.54) is 19.4 Å². The topological polar surface area (TPSA) is 42.3 Å². The Balaban J connectivity index is 1.86. The monoisotopic (exact) mass is 292 g/mol. The van der Waals surface area contributed by atoms with Gasteiger partial charge in [-0.05, 0) is 37.6 Å². The minimum Gasteiger partial charge on any atom is -0.301 e. The van der Waals surface area contributed by atoms with Crippen molar-refractivity contribution in [3.63, 3.8) is 0 Å². The lowest BCUT2D eigenvalue weighted by Gasteiger charge is -2.40. The predicted molar refractivity (Wildman–Crippen MR) is 87.1 cm³/mol.